The molecule has 1 aromatic heterocycles. The Morgan fingerprint density at radius 3 is 2.84 bits per heavy atom. The number of ether oxygens (including phenoxy) is 1. The molecule has 0 unspecified atom stereocenters. The highest BCUT2D eigenvalue weighted by Crippen LogP contribution is 2.31. The molecular weight excluding hydrogens is 246 g/mol. The quantitative estimate of drug-likeness (QED) is 0.662. The topological polar surface area (TPSA) is 81.0 Å². The van der Waals surface area contributed by atoms with E-state index in [0.717, 1.165) is 0 Å². The summed E-state index contributed by atoms with van der Waals surface area (Å²) in [5, 5.41) is 11.1. The molecule has 1 aromatic carbocycles. The van der Waals surface area contributed by atoms with Crippen molar-refractivity contribution in [1.29, 1.82) is 0 Å². The first-order valence-electron chi connectivity index (χ1n) is 5.99. The van der Waals surface area contributed by atoms with Crippen molar-refractivity contribution in [2.75, 3.05) is 6.61 Å². The third kappa shape index (κ3) is 3.09. The molecule has 19 heavy (non-hydrogen) atoms. The molecule has 6 heteroatoms. The van der Waals surface area contributed by atoms with Gasteiger partial charge in [0.2, 0.25) is 0 Å². The maximum Gasteiger partial charge on any atom is 0.311 e. The summed E-state index contributed by atoms with van der Waals surface area (Å²) in [5.41, 5.74) is 0.614. The van der Waals surface area contributed by atoms with Crippen LogP contribution in [0.3, 0.4) is 0 Å². The molecule has 6 nitrogen and oxygen atoms in total. The predicted octanol–water partition coefficient (Wildman–Crippen LogP) is 3.02. The lowest BCUT2D eigenvalue weighted by atomic mass is 10.1. The minimum atomic E-state index is -0.442. The number of nitro groups is 1. The van der Waals surface area contributed by atoms with Gasteiger partial charge in [-0.05, 0) is 18.1 Å². The molecule has 0 bridgehead atoms. The third-order valence-electron chi connectivity index (χ3n) is 2.50. The minimum absolute atomic E-state index is 0.0467. The van der Waals surface area contributed by atoms with Crippen LogP contribution in [0.25, 0.3) is 11.4 Å². The van der Waals surface area contributed by atoms with Gasteiger partial charge in [0.05, 0.1) is 11.5 Å². The van der Waals surface area contributed by atoms with Crippen LogP contribution in [0.4, 0.5) is 5.69 Å². The van der Waals surface area contributed by atoms with Crippen molar-refractivity contribution in [3.8, 4) is 17.1 Å². The van der Waals surface area contributed by atoms with E-state index in [1.165, 1.54) is 6.07 Å². The number of hydrogen-bond donors (Lipinski definition) is 1. The fourth-order valence-corrected chi connectivity index (χ4v) is 1.61. The second-order valence-corrected chi connectivity index (χ2v) is 4.58. The molecule has 0 amide bonds. The zero-order chi connectivity index (χ0) is 13.8. The standard InChI is InChI=1S/C13H15N3O3/c1-9(2)8-19-12-4-3-10(7-11(12)16(17)18)13-14-5-6-15-13/h3-7,9H,8H2,1-2H3,(H,14,15). The van der Waals surface area contributed by atoms with E-state index in [9.17, 15) is 10.1 Å². The van der Waals surface area contributed by atoms with E-state index in [0.29, 0.717) is 23.9 Å². The SMILES string of the molecule is CC(C)COc1ccc(-c2ncc[nH]2)cc1[N+](=O)[O-]. The highest BCUT2D eigenvalue weighted by atomic mass is 16.6. The van der Waals surface area contributed by atoms with Crippen molar-refractivity contribution in [2.45, 2.75) is 13.8 Å². The van der Waals surface area contributed by atoms with E-state index in [2.05, 4.69) is 9.97 Å². The van der Waals surface area contributed by atoms with Gasteiger partial charge in [0.1, 0.15) is 5.82 Å². The second-order valence-electron chi connectivity index (χ2n) is 4.58. The Kier molecular flexibility index (Phi) is 3.79. The largest absolute Gasteiger partial charge is 0.487 e. The Labute approximate surface area is 110 Å². The van der Waals surface area contributed by atoms with Gasteiger partial charge in [-0.25, -0.2) is 4.98 Å². The van der Waals surface area contributed by atoms with Gasteiger partial charge in [-0.1, -0.05) is 13.8 Å². The van der Waals surface area contributed by atoms with Gasteiger partial charge in [-0.3, -0.25) is 10.1 Å². The van der Waals surface area contributed by atoms with Crippen molar-refractivity contribution in [2.24, 2.45) is 5.92 Å². The number of nitro benzene ring substituents is 1. The van der Waals surface area contributed by atoms with E-state index < -0.39 is 4.92 Å². The van der Waals surface area contributed by atoms with Gasteiger partial charge in [0.25, 0.3) is 0 Å². The second kappa shape index (κ2) is 5.51. The van der Waals surface area contributed by atoms with Crippen LogP contribution in [0.2, 0.25) is 0 Å². The van der Waals surface area contributed by atoms with Gasteiger partial charge in [0.15, 0.2) is 5.75 Å². The van der Waals surface area contributed by atoms with Crippen molar-refractivity contribution in [1.82, 2.24) is 9.97 Å². The summed E-state index contributed by atoms with van der Waals surface area (Å²) in [4.78, 5) is 17.6. The fourth-order valence-electron chi connectivity index (χ4n) is 1.61. The lowest BCUT2D eigenvalue weighted by Gasteiger charge is -2.09. The van der Waals surface area contributed by atoms with Crippen LogP contribution in [-0.2, 0) is 0 Å². The van der Waals surface area contributed by atoms with Crippen molar-refractivity contribution in [3.63, 3.8) is 0 Å². The van der Waals surface area contributed by atoms with E-state index in [-0.39, 0.29) is 11.4 Å². The number of rotatable bonds is 5. The smallest absolute Gasteiger partial charge is 0.311 e. The van der Waals surface area contributed by atoms with Crippen molar-refractivity contribution >= 4 is 5.69 Å². The predicted molar refractivity (Wildman–Crippen MR) is 71.0 cm³/mol. The monoisotopic (exact) mass is 261 g/mol. The van der Waals surface area contributed by atoms with Crippen LogP contribution in [0.5, 0.6) is 5.75 Å². The highest BCUT2D eigenvalue weighted by Gasteiger charge is 2.17. The van der Waals surface area contributed by atoms with Crippen LogP contribution in [0.1, 0.15) is 13.8 Å². The number of H-pyrrole nitrogens is 1. The van der Waals surface area contributed by atoms with Crippen molar-refractivity contribution < 1.29 is 9.66 Å². The average Bonchev–Trinajstić information content (AvgIpc) is 2.89. The summed E-state index contributed by atoms with van der Waals surface area (Å²) in [7, 11) is 0. The zero-order valence-electron chi connectivity index (χ0n) is 10.8. The molecular formula is C13H15N3O3. The first-order valence-corrected chi connectivity index (χ1v) is 5.99. The number of benzene rings is 1. The van der Waals surface area contributed by atoms with Crippen LogP contribution >= 0.6 is 0 Å². The molecule has 0 atom stereocenters. The molecule has 0 spiro atoms. The molecule has 0 saturated carbocycles. The van der Waals surface area contributed by atoms with E-state index in [4.69, 9.17) is 4.74 Å². The Balaban J connectivity index is 2.33. The number of aromatic amines is 1. The first kappa shape index (κ1) is 13.1. The Bertz CT molecular complexity index is 565. The molecule has 0 aliphatic heterocycles. The molecule has 0 radical (unpaired) electrons. The summed E-state index contributed by atoms with van der Waals surface area (Å²) in [6, 6.07) is 4.83. The Morgan fingerprint density at radius 2 is 2.26 bits per heavy atom. The molecule has 0 aliphatic carbocycles. The van der Waals surface area contributed by atoms with E-state index >= 15 is 0 Å². The normalized spacial score (nSPS) is 10.7. The maximum absolute atomic E-state index is 11.1. The molecule has 0 saturated heterocycles. The number of imidazole rings is 1. The average molecular weight is 261 g/mol. The van der Waals surface area contributed by atoms with Gasteiger partial charge >= 0.3 is 5.69 Å². The first-order chi connectivity index (χ1) is 9.08. The summed E-state index contributed by atoms with van der Waals surface area (Å²) in [6.07, 6.45) is 3.27. The fraction of sp³-hybridized carbons (Fsp3) is 0.308. The highest BCUT2D eigenvalue weighted by molar-refractivity contribution is 5.63. The lowest BCUT2D eigenvalue weighted by molar-refractivity contribution is -0.385. The van der Waals surface area contributed by atoms with Crippen LogP contribution in [0, 0.1) is 16.0 Å². The number of hydrogen-bond acceptors (Lipinski definition) is 4. The molecule has 0 aliphatic rings. The number of aromatic nitrogens is 2. The van der Waals surface area contributed by atoms with Crippen LogP contribution in [-0.4, -0.2) is 21.5 Å². The van der Waals surface area contributed by atoms with E-state index in [1.807, 2.05) is 13.8 Å². The van der Waals surface area contributed by atoms with Gasteiger partial charge in [-0.2, -0.15) is 0 Å². The molecule has 2 rings (SSSR count). The van der Waals surface area contributed by atoms with Gasteiger partial charge in [0, 0.05) is 24.0 Å². The zero-order valence-corrected chi connectivity index (χ0v) is 10.8. The number of nitrogens with zero attached hydrogens (tertiary/aromatic N) is 2. The number of nitrogens with one attached hydrogen (secondary N) is 1. The van der Waals surface area contributed by atoms with Crippen LogP contribution < -0.4 is 4.74 Å². The lowest BCUT2D eigenvalue weighted by Crippen LogP contribution is -2.06. The van der Waals surface area contributed by atoms with Gasteiger partial charge in [-0.15, -0.1) is 0 Å². The summed E-state index contributed by atoms with van der Waals surface area (Å²) in [5.74, 6) is 1.19. The summed E-state index contributed by atoms with van der Waals surface area (Å²) < 4.78 is 5.46. The molecule has 1 heterocycles. The maximum atomic E-state index is 11.1. The summed E-state index contributed by atoms with van der Waals surface area (Å²) in [6.45, 7) is 4.42. The van der Waals surface area contributed by atoms with Crippen molar-refractivity contribution in [3.05, 3.63) is 40.7 Å². The minimum Gasteiger partial charge on any atom is -0.487 e. The van der Waals surface area contributed by atoms with Crippen LogP contribution in [0.15, 0.2) is 30.6 Å². The summed E-state index contributed by atoms with van der Waals surface area (Å²) >= 11 is 0. The molecule has 2 aromatic rings. The van der Waals surface area contributed by atoms with E-state index in [1.54, 1.807) is 24.5 Å². The molecule has 100 valence electrons. The Morgan fingerprint density at radius 1 is 1.47 bits per heavy atom. The van der Waals surface area contributed by atoms with Gasteiger partial charge < -0.3 is 9.72 Å². The molecule has 0 fully saturated rings. The third-order valence-corrected chi connectivity index (χ3v) is 2.50. The Hall–Kier alpha value is -2.37. The molecule has 1 N–H and O–H groups in total.